The highest BCUT2D eigenvalue weighted by Gasteiger charge is 2.42. The van der Waals surface area contributed by atoms with Crippen LogP contribution in [0.1, 0.15) is 208 Å². The number of aliphatic hydroxyl groups excluding tert-OH is 1. The second-order valence-corrected chi connectivity index (χ2v) is 38.3. The number of methoxy groups -OCH3 is 1. The van der Waals surface area contributed by atoms with Gasteiger partial charge in [0.25, 0.3) is 44.5 Å². The number of benzene rings is 18. The van der Waals surface area contributed by atoms with Gasteiger partial charge in [0.1, 0.15) is 5.75 Å². The van der Waals surface area contributed by atoms with Crippen LogP contribution in [-0.4, -0.2) is 39.6 Å². The molecule has 16 nitrogen and oxygen atoms in total. The quantitative estimate of drug-likeness (QED) is 0.0718. The number of para-hydroxylation sites is 4. The number of aliphatic hydroxyl groups is 1. The Morgan fingerprint density at radius 3 is 0.698 bits per heavy atom. The van der Waals surface area contributed by atoms with E-state index in [9.17, 15) is 5.11 Å². The third-order valence-electron chi connectivity index (χ3n) is 29.0. The van der Waals surface area contributed by atoms with Crippen LogP contribution in [0.3, 0.4) is 0 Å². The first kappa shape index (κ1) is 75.8. The van der Waals surface area contributed by atoms with Gasteiger partial charge in [-0.1, -0.05) is 196 Å². The topological polar surface area (TPSA) is 196 Å². The summed E-state index contributed by atoms with van der Waals surface area (Å²) >= 11 is 0. The van der Waals surface area contributed by atoms with Crippen molar-refractivity contribution in [1.29, 1.82) is 0 Å². The zero-order chi connectivity index (χ0) is 87.4. The molecule has 0 saturated heterocycles. The van der Waals surface area contributed by atoms with Crippen molar-refractivity contribution in [2.24, 2.45) is 0 Å². The molecule has 24 rings (SSSR count). The summed E-state index contributed by atoms with van der Waals surface area (Å²) < 4.78 is 15.7. The van der Waals surface area contributed by atoms with Gasteiger partial charge in [0.2, 0.25) is 0 Å². The third-order valence-corrected chi connectivity index (χ3v) is 29.0. The Morgan fingerprint density at radius 1 is 0.230 bits per heavy atom. The molecule has 0 radical (unpaired) electrons. The number of aromatic nitrogens is 6. The van der Waals surface area contributed by atoms with E-state index < -0.39 is 44.5 Å². The maximum absolute atomic E-state index is 18.4. The monoisotopic (exact) mass is 1650 g/mol. The average molecular weight is 1650 g/mol. The van der Waals surface area contributed by atoms with Crippen LogP contribution < -0.4 is 49.2 Å². The summed E-state index contributed by atoms with van der Waals surface area (Å²) in [7, 11) is 1.61. The molecule has 126 heavy (non-hydrogen) atoms. The van der Waals surface area contributed by atoms with Crippen LogP contribution in [0.5, 0.6) is 5.75 Å². The largest absolute Gasteiger partial charge is 0.497 e. The van der Waals surface area contributed by atoms with Crippen LogP contribution in [0.4, 0.5) is 0 Å². The van der Waals surface area contributed by atoms with Crippen LogP contribution in [0.2, 0.25) is 0 Å². The molecule has 24 aromatic rings. The molecule has 0 saturated carbocycles. The van der Waals surface area contributed by atoms with E-state index in [1.807, 2.05) is 158 Å². The van der Waals surface area contributed by atoms with Gasteiger partial charge < -0.3 is 19.0 Å². The minimum absolute atomic E-state index is 0.171. The van der Waals surface area contributed by atoms with Gasteiger partial charge in [-0.2, -0.15) is 0 Å². The molecule has 618 valence electrons. The van der Waals surface area contributed by atoms with Crippen molar-refractivity contribution in [3.05, 3.63) is 291 Å². The van der Waals surface area contributed by atoms with Crippen molar-refractivity contribution >= 4 is 184 Å². The summed E-state index contributed by atoms with van der Waals surface area (Å²) in [6, 6.07) is 50.6. The average Bonchev–Trinajstić information content (AvgIpc) is 1.21. The van der Waals surface area contributed by atoms with Gasteiger partial charge in [0.05, 0.1) is 90.9 Å². The molecule has 0 atom stereocenters. The molecule has 16 heteroatoms. The lowest BCUT2D eigenvalue weighted by molar-refractivity contribution is 0.282. The maximum Gasteiger partial charge on any atom is 0.266 e. The molecule has 1 N–H and O–H groups in total. The summed E-state index contributed by atoms with van der Waals surface area (Å²) in [5.74, 6) is -1.00. The van der Waals surface area contributed by atoms with Gasteiger partial charge in [-0.3, -0.25) is 38.4 Å². The zero-order valence-electron chi connectivity index (χ0n) is 73.1. The fourth-order valence-electron chi connectivity index (χ4n) is 23.7. The van der Waals surface area contributed by atoms with E-state index in [1.165, 1.54) is 18.3 Å². The molecule has 6 aromatic heterocycles. The highest BCUT2D eigenvalue weighted by atomic mass is 16.5. The molecule has 6 heterocycles. The smallest absolute Gasteiger partial charge is 0.266 e. The van der Waals surface area contributed by atoms with E-state index in [2.05, 4.69) is 120 Å². The number of fused-ring (bicyclic) bond motifs is 4. The number of ether oxygens (including phenoxy) is 1. The van der Waals surface area contributed by atoms with E-state index in [4.69, 9.17) is 4.74 Å². The summed E-state index contributed by atoms with van der Waals surface area (Å²) in [6.45, 7) is 32.7. The Balaban J connectivity index is 1.10. The highest BCUT2D eigenvalue weighted by molar-refractivity contribution is 6.63. The van der Waals surface area contributed by atoms with Crippen LogP contribution in [0.25, 0.3) is 218 Å². The first-order valence-corrected chi connectivity index (χ1v) is 44.3. The molecular weight excluding hydrogens is 1570 g/mol. The highest BCUT2D eigenvalue weighted by Crippen LogP contribution is 2.63. The Labute approximate surface area is 718 Å². The van der Waals surface area contributed by atoms with Crippen LogP contribution >= 0.6 is 0 Å². The SMILES string of the molecule is COc1ccc(-n2c3cc4c(=O)n(-c5c(C(C)C)cccc5C(C)C)c(=O)c5cc6c7c8c(=O)n(-c9c(C(C)C)cccc9C(C)C)c(=O)c9cc%10c%11c(c98)c8c9c(cc%12c(=O)n(-c%13c(C(C)C)cccc%13C(C)C)c(=O)c%13cc(c%11c9c%12%13)n%10-c9ccc(CO)cc9)c9c%10c(=O)n(-c%11c(C(C)C)cccc%11C(C)C)c(=O)c%11cc2c2c(c%11%10)c(c6c(c54)c23)c9c78)cc1. The minimum atomic E-state index is -0.621. The van der Waals surface area contributed by atoms with Crippen LogP contribution in [0.15, 0.2) is 196 Å². The van der Waals surface area contributed by atoms with Gasteiger partial charge in [-0.05, 0) is 192 Å². The van der Waals surface area contributed by atoms with E-state index in [0.29, 0.717) is 186 Å². The van der Waals surface area contributed by atoms with Crippen LogP contribution in [0, 0.1) is 0 Å². The van der Waals surface area contributed by atoms with E-state index >= 15 is 38.4 Å². The van der Waals surface area contributed by atoms with Gasteiger partial charge in [0, 0.05) is 119 Å². The molecule has 0 aliphatic carbocycles. The standard InChI is InChI=1S/C110H88N6O10/c1-45(2)57-22-18-23-58(46(3)4)99(57)113-103(118)67-38-65-79-89-77(67)69(105(113)120)40-73-85(89)87-75(111(73)54-32-30-53(44-117)31-33-54)42-71-83-91(87)93(79)95-82(97(83)109(124)115(107(71)122)101-61(49(9)10)26-20-27-62(101)50(11)12)66-39-68-78-70(106(121)114(104(68)119)100-59(47(5)6)24-19-25-60(100)48(7)8)41-74-86-88-76(112(74)55-34-36-56(126-17)37-35-55)43-72-84-92(88)94(80(66)90(78)86)96(95)81(65)98(84)110(125)116(108(72)123)102-63(51(13)14)28-21-29-64(102)52(15)16/h18-43,45-52,117H,44H2,1-17H3. The Bertz CT molecular complexity index is 8790. The van der Waals surface area contributed by atoms with E-state index in [0.717, 1.165) is 44.5 Å². The van der Waals surface area contributed by atoms with Crippen molar-refractivity contribution in [2.45, 2.75) is 165 Å². The van der Waals surface area contributed by atoms with E-state index in [1.54, 1.807) is 7.11 Å². The molecule has 0 amide bonds. The molecule has 0 spiro atoms. The predicted molar refractivity (Wildman–Crippen MR) is 518 cm³/mol. The second-order valence-electron chi connectivity index (χ2n) is 38.3. The summed E-state index contributed by atoms with van der Waals surface area (Å²) in [4.78, 5) is 141. The number of pyridine rings is 4. The van der Waals surface area contributed by atoms with Crippen molar-refractivity contribution in [1.82, 2.24) is 27.4 Å². The Kier molecular flexibility index (Phi) is 15.3. The van der Waals surface area contributed by atoms with Gasteiger partial charge in [0.15, 0.2) is 0 Å². The van der Waals surface area contributed by atoms with Gasteiger partial charge in [-0.25, -0.2) is 18.3 Å². The third kappa shape index (κ3) is 8.96. The lowest BCUT2D eigenvalue weighted by Gasteiger charge is -2.29. The summed E-state index contributed by atoms with van der Waals surface area (Å²) in [5.41, 5.74) is 7.57. The second kappa shape index (κ2) is 25.4. The number of hydrogen-bond donors (Lipinski definition) is 1. The molecular formula is C110H88N6O10. The van der Waals surface area contributed by atoms with Gasteiger partial charge >= 0.3 is 0 Å². The summed E-state index contributed by atoms with van der Waals surface area (Å²) in [6.07, 6.45) is 0. The molecule has 0 unspecified atom stereocenters. The number of rotatable bonds is 16. The predicted octanol–water partition coefficient (Wildman–Crippen LogP) is 23.2. The fourth-order valence-corrected chi connectivity index (χ4v) is 23.7. The van der Waals surface area contributed by atoms with Crippen molar-refractivity contribution in [3.8, 4) is 39.9 Å². The zero-order valence-corrected chi connectivity index (χ0v) is 73.1. The Morgan fingerprint density at radius 2 is 0.444 bits per heavy atom. The molecule has 0 aliphatic heterocycles. The van der Waals surface area contributed by atoms with E-state index in [-0.39, 0.29) is 97.0 Å². The number of nitrogens with zero attached hydrogens (tertiary/aromatic N) is 6. The molecule has 0 bridgehead atoms. The molecule has 18 aromatic carbocycles. The van der Waals surface area contributed by atoms with Crippen molar-refractivity contribution < 1.29 is 9.84 Å². The maximum atomic E-state index is 18.4. The Hall–Kier alpha value is -14.0. The van der Waals surface area contributed by atoms with Crippen molar-refractivity contribution in [2.75, 3.05) is 7.11 Å². The first-order valence-electron chi connectivity index (χ1n) is 44.3. The molecule has 0 aliphatic rings. The minimum Gasteiger partial charge on any atom is -0.497 e. The van der Waals surface area contributed by atoms with Gasteiger partial charge in [-0.15, -0.1) is 0 Å². The lowest BCUT2D eigenvalue weighted by atomic mass is 9.73. The van der Waals surface area contributed by atoms with Crippen molar-refractivity contribution in [3.63, 3.8) is 0 Å². The first-order chi connectivity index (χ1) is 60.5. The molecule has 0 fully saturated rings. The summed E-state index contributed by atoms with van der Waals surface area (Å²) in [5, 5.41) is 23.7. The fraction of sp³-hybridized carbons (Fsp3) is 0.236. The lowest BCUT2D eigenvalue weighted by Crippen LogP contribution is -2.34. The number of hydrogen-bond acceptors (Lipinski definition) is 10. The normalized spacial score (nSPS) is 13.2. The van der Waals surface area contributed by atoms with Crippen LogP contribution in [-0.2, 0) is 6.61 Å².